The lowest BCUT2D eigenvalue weighted by atomic mass is 10.00. The minimum absolute atomic E-state index is 0.00686. The number of hydrogen-bond donors (Lipinski definition) is 1. The van der Waals surface area contributed by atoms with E-state index in [-0.39, 0.29) is 16.8 Å². The van der Waals surface area contributed by atoms with Gasteiger partial charge in [0, 0.05) is 37.0 Å². The van der Waals surface area contributed by atoms with Gasteiger partial charge in [-0.2, -0.15) is 0 Å². The van der Waals surface area contributed by atoms with Gasteiger partial charge in [-0.25, -0.2) is 0 Å². The van der Waals surface area contributed by atoms with Crippen LogP contribution < -0.4 is 10.2 Å². The predicted octanol–water partition coefficient (Wildman–Crippen LogP) is 3.88. The van der Waals surface area contributed by atoms with Crippen molar-refractivity contribution in [3.8, 4) is 0 Å². The van der Waals surface area contributed by atoms with E-state index in [2.05, 4.69) is 31.9 Å². The number of non-ortho nitro benzene ring substituents is 1. The Labute approximate surface area is 179 Å². The Balaban J connectivity index is 1.43. The molecule has 1 atom stereocenters. The number of carbonyl (C=O) groups is 1. The van der Waals surface area contributed by atoms with Crippen LogP contribution in [-0.2, 0) is 4.79 Å². The quantitative estimate of drug-likeness (QED) is 0.404. The summed E-state index contributed by atoms with van der Waals surface area (Å²) in [5, 5.41) is 22.9. The fourth-order valence-corrected chi connectivity index (χ4v) is 4.46. The molecule has 10 heteroatoms. The van der Waals surface area contributed by atoms with Crippen LogP contribution in [0.25, 0.3) is 0 Å². The van der Waals surface area contributed by atoms with E-state index in [0.717, 1.165) is 55.8 Å². The topological polar surface area (TPSA) is 106 Å². The fraction of sp³-hybridized carbons (Fsp3) is 0.550. The summed E-state index contributed by atoms with van der Waals surface area (Å²) < 4.78 is 2.20. The van der Waals surface area contributed by atoms with Gasteiger partial charge in [0.1, 0.15) is 0 Å². The molecule has 2 heterocycles. The summed E-state index contributed by atoms with van der Waals surface area (Å²) >= 11 is 1.40. The largest absolute Gasteiger partial charge is 0.341 e. The summed E-state index contributed by atoms with van der Waals surface area (Å²) in [7, 11) is 0. The fourth-order valence-electron chi connectivity index (χ4n) is 3.55. The number of piperidine rings is 1. The van der Waals surface area contributed by atoms with Crippen LogP contribution in [0, 0.1) is 16.0 Å². The number of nitrogens with zero attached hydrogens (tertiary/aromatic N) is 5. The van der Waals surface area contributed by atoms with Crippen molar-refractivity contribution in [3.05, 3.63) is 34.4 Å². The van der Waals surface area contributed by atoms with Crippen LogP contribution in [0.2, 0.25) is 0 Å². The molecule has 2 aliphatic rings. The highest BCUT2D eigenvalue weighted by molar-refractivity contribution is 8.00. The molecule has 1 saturated heterocycles. The van der Waals surface area contributed by atoms with Crippen molar-refractivity contribution in [2.75, 3.05) is 23.3 Å². The number of amides is 1. The number of aromatic nitrogens is 3. The number of rotatable bonds is 7. The van der Waals surface area contributed by atoms with Crippen LogP contribution >= 0.6 is 11.8 Å². The lowest BCUT2D eigenvalue weighted by Crippen LogP contribution is -2.34. The van der Waals surface area contributed by atoms with E-state index in [0.29, 0.717) is 11.7 Å². The first-order valence-corrected chi connectivity index (χ1v) is 11.2. The van der Waals surface area contributed by atoms with Gasteiger partial charge in [-0.15, -0.1) is 10.2 Å². The number of nitrogens with one attached hydrogen (secondary N) is 1. The van der Waals surface area contributed by atoms with E-state index >= 15 is 0 Å². The van der Waals surface area contributed by atoms with E-state index in [1.807, 2.05) is 6.92 Å². The molecule has 0 bridgehead atoms. The smallest absolute Gasteiger partial charge is 0.269 e. The van der Waals surface area contributed by atoms with Crippen molar-refractivity contribution in [2.45, 2.75) is 56.0 Å². The average molecular weight is 431 g/mol. The van der Waals surface area contributed by atoms with Gasteiger partial charge < -0.3 is 10.2 Å². The molecular weight excluding hydrogens is 404 g/mol. The molecule has 1 aromatic carbocycles. The lowest BCUT2D eigenvalue weighted by molar-refractivity contribution is -0.384. The zero-order valence-corrected chi connectivity index (χ0v) is 18.0. The molecule has 0 radical (unpaired) electrons. The van der Waals surface area contributed by atoms with Gasteiger partial charge >= 0.3 is 0 Å². The van der Waals surface area contributed by atoms with Gasteiger partial charge in [0.05, 0.1) is 10.2 Å². The molecule has 1 N–H and O–H groups in total. The first kappa shape index (κ1) is 20.6. The van der Waals surface area contributed by atoms with Gasteiger partial charge in [-0.1, -0.05) is 18.7 Å². The standard InChI is InChI=1S/C20H26N6O3S/c1-13-9-11-24(12-10-13)19-22-23-20(25(19)16-7-8-16)30-14(2)18(27)21-15-3-5-17(6-4-15)26(28)29/h3-6,13-14,16H,7-12H2,1-2H3,(H,21,27). The highest BCUT2D eigenvalue weighted by Gasteiger charge is 2.33. The average Bonchev–Trinajstić information content (AvgIpc) is 3.49. The summed E-state index contributed by atoms with van der Waals surface area (Å²) in [5.74, 6) is 1.50. The van der Waals surface area contributed by atoms with Crippen LogP contribution in [0.5, 0.6) is 0 Å². The monoisotopic (exact) mass is 430 g/mol. The summed E-state index contributed by atoms with van der Waals surface area (Å²) in [6.45, 7) is 6.11. The van der Waals surface area contributed by atoms with Crippen LogP contribution in [0.1, 0.15) is 45.6 Å². The molecule has 1 unspecified atom stereocenters. The molecule has 9 nitrogen and oxygen atoms in total. The Morgan fingerprint density at radius 1 is 1.20 bits per heavy atom. The first-order valence-electron chi connectivity index (χ1n) is 10.3. The van der Waals surface area contributed by atoms with Crippen LogP contribution in [0.15, 0.2) is 29.4 Å². The van der Waals surface area contributed by atoms with Gasteiger partial charge in [0.15, 0.2) is 5.16 Å². The van der Waals surface area contributed by atoms with E-state index in [1.54, 1.807) is 0 Å². The second kappa shape index (κ2) is 8.63. The predicted molar refractivity (Wildman–Crippen MR) is 116 cm³/mol. The number of nitro groups is 1. The summed E-state index contributed by atoms with van der Waals surface area (Å²) in [6.07, 6.45) is 4.56. The molecule has 4 rings (SSSR count). The molecule has 160 valence electrons. The Bertz CT molecular complexity index is 919. The molecule has 1 aliphatic heterocycles. The highest BCUT2D eigenvalue weighted by atomic mass is 32.2. The summed E-state index contributed by atoms with van der Waals surface area (Å²) in [5.41, 5.74) is 0.525. The zero-order chi connectivity index (χ0) is 21.3. The molecule has 1 saturated carbocycles. The normalized spacial score (nSPS) is 18.3. The molecule has 1 aliphatic carbocycles. The number of thioether (sulfide) groups is 1. The summed E-state index contributed by atoms with van der Waals surface area (Å²) in [6, 6.07) is 6.25. The van der Waals surface area contributed by atoms with E-state index in [9.17, 15) is 14.9 Å². The van der Waals surface area contributed by atoms with Crippen molar-refractivity contribution in [1.29, 1.82) is 0 Å². The molecule has 2 aromatic rings. The minimum Gasteiger partial charge on any atom is -0.341 e. The lowest BCUT2D eigenvalue weighted by Gasteiger charge is -2.31. The second-order valence-electron chi connectivity index (χ2n) is 8.11. The van der Waals surface area contributed by atoms with E-state index < -0.39 is 4.92 Å². The van der Waals surface area contributed by atoms with Crippen LogP contribution in [-0.4, -0.2) is 43.9 Å². The Hall–Kier alpha value is -2.62. The highest BCUT2D eigenvalue weighted by Crippen LogP contribution is 2.42. The number of hydrogen-bond acceptors (Lipinski definition) is 7. The van der Waals surface area contributed by atoms with Crippen molar-refractivity contribution < 1.29 is 9.72 Å². The summed E-state index contributed by atoms with van der Waals surface area (Å²) in [4.78, 5) is 25.3. The van der Waals surface area contributed by atoms with Crippen molar-refractivity contribution >= 4 is 35.0 Å². The molecule has 1 aromatic heterocycles. The molecule has 30 heavy (non-hydrogen) atoms. The number of nitro benzene ring substituents is 1. The maximum atomic E-state index is 12.6. The number of carbonyl (C=O) groups excluding carboxylic acids is 1. The van der Waals surface area contributed by atoms with Crippen LogP contribution in [0.3, 0.4) is 0 Å². The number of anilines is 2. The maximum Gasteiger partial charge on any atom is 0.269 e. The van der Waals surface area contributed by atoms with Crippen molar-refractivity contribution in [3.63, 3.8) is 0 Å². The third-order valence-corrected chi connectivity index (χ3v) is 6.68. The van der Waals surface area contributed by atoms with E-state index in [1.165, 1.54) is 36.0 Å². The van der Waals surface area contributed by atoms with Gasteiger partial charge in [-0.3, -0.25) is 19.5 Å². The van der Waals surface area contributed by atoms with Crippen molar-refractivity contribution in [1.82, 2.24) is 14.8 Å². The van der Waals surface area contributed by atoms with E-state index in [4.69, 9.17) is 0 Å². The Kier molecular flexibility index (Phi) is 5.94. The molecule has 1 amide bonds. The Morgan fingerprint density at radius 3 is 2.47 bits per heavy atom. The molecular formula is C20H26N6O3S. The second-order valence-corrected chi connectivity index (χ2v) is 9.41. The van der Waals surface area contributed by atoms with Gasteiger partial charge in [0.2, 0.25) is 11.9 Å². The van der Waals surface area contributed by atoms with Gasteiger partial charge in [0.25, 0.3) is 5.69 Å². The van der Waals surface area contributed by atoms with Crippen LogP contribution in [0.4, 0.5) is 17.3 Å². The third-order valence-electron chi connectivity index (χ3n) is 5.62. The first-order chi connectivity index (χ1) is 14.4. The zero-order valence-electron chi connectivity index (χ0n) is 17.2. The molecule has 0 spiro atoms. The van der Waals surface area contributed by atoms with Crippen molar-refractivity contribution in [2.24, 2.45) is 5.92 Å². The Morgan fingerprint density at radius 2 is 1.87 bits per heavy atom. The minimum atomic E-state index is -0.463. The maximum absolute atomic E-state index is 12.6. The third kappa shape index (κ3) is 4.58. The molecule has 2 fully saturated rings. The van der Waals surface area contributed by atoms with Gasteiger partial charge in [-0.05, 0) is 50.7 Å². The SMILES string of the molecule is CC1CCN(c2nnc(SC(C)C(=O)Nc3ccc([N+](=O)[O-])cc3)n2C2CC2)CC1. The number of benzene rings is 1.